The molecule has 14 aromatic rings. The lowest BCUT2D eigenvalue weighted by atomic mass is 9.68. The highest BCUT2D eigenvalue weighted by molar-refractivity contribution is 6.23. The lowest BCUT2D eigenvalue weighted by Crippen LogP contribution is -2.27. The third-order valence-electron chi connectivity index (χ3n) is 26.8. The van der Waals surface area contributed by atoms with Crippen LogP contribution in [0.5, 0.6) is 0 Å². The van der Waals surface area contributed by atoms with E-state index in [2.05, 4.69) is 272 Å². The second-order valence-electron chi connectivity index (χ2n) is 34.3. The molecule has 3 aromatic heterocycles. The summed E-state index contributed by atoms with van der Waals surface area (Å²) >= 11 is 0. The minimum absolute atomic E-state index is 0.111. The standard InChI is InChI=1S/C106H116N2O2/c1-10-14-18-22-26-39-60-105(61-40-27-23-19-15-11-2)86-58-59-96-100(81-47-34-37-52-94(81)109-96)99(86)85-70-89-83(68-90(85)105)77-56-54-76(67-88(77)106(89,62-41-28-24-20-16-12-3)63-42-29-25-21-17-13-4)107(102-72(6)64-71(5)65-73(102)7)75-55-57-79-87(66-75)104(8,9)91-69-84(103-101(98(79)91)82-48-35-38-53-95(82)110-103)78-49-43-51-93-97(78)80-46-33-36-50-92(80)108(93)74-44-31-30-32-45-74/h30-38,43-59,64-70H,10-29,39-42,60-63H2,1-9H3. The number of hydrogen-bond donors (Lipinski definition) is 0. The molecule has 0 atom stereocenters. The van der Waals surface area contributed by atoms with Gasteiger partial charge in [-0.25, -0.2) is 0 Å². The number of aryl methyl sites for hydroxylation is 3. The predicted molar refractivity (Wildman–Crippen MR) is 472 cm³/mol. The number of nitrogens with zero attached hydrogens (tertiary/aromatic N) is 2. The van der Waals surface area contributed by atoms with Crippen molar-refractivity contribution in [2.24, 2.45) is 0 Å². The molecule has 4 nitrogen and oxygen atoms in total. The number of furan rings is 2. The van der Waals surface area contributed by atoms with Crippen LogP contribution in [0.1, 0.15) is 271 Å². The van der Waals surface area contributed by atoms with Crippen molar-refractivity contribution >= 4 is 82.7 Å². The van der Waals surface area contributed by atoms with Gasteiger partial charge < -0.3 is 18.3 Å². The van der Waals surface area contributed by atoms with Crippen LogP contribution in [-0.2, 0) is 16.2 Å². The SMILES string of the molecule is CCCCCCCCC1(CCCCCCCC)c2cc(N(c3ccc4c(c3)C(C)(C)c3cc(-c5cccc6c5c5ccccc5n6-c5ccccc5)c5oc6ccccc6c5c3-4)c3c(C)cc(C)cc3C)ccc2-c2cc3c(cc21)-c1c(ccc2oc4ccccc4c12)C3(CCCCCCCC)CCCCCCCC. The van der Waals surface area contributed by atoms with Crippen molar-refractivity contribution in [2.45, 2.75) is 258 Å². The first-order valence-electron chi connectivity index (χ1n) is 43.3. The van der Waals surface area contributed by atoms with Gasteiger partial charge in [0.2, 0.25) is 0 Å². The van der Waals surface area contributed by atoms with Crippen molar-refractivity contribution in [3.8, 4) is 50.2 Å². The van der Waals surface area contributed by atoms with Crippen molar-refractivity contribution in [1.82, 2.24) is 4.57 Å². The largest absolute Gasteiger partial charge is 0.456 e. The Balaban J connectivity index is 0.863. The maximum Gasteiger partial charge on any atom is 0.143 e. The maximum atomic E-state index is 7.30. The number of fused-ring (bicyclic) bond motifs is 20. The van der Waals surface area contributed by atoms with Gasteiger partial charge in [-0.15, -0.1) is 0 Å². The second kappa shape index (κ2) is 31.1. The zero-order chi connectivity index (χ0) is 75.3. The van der Waals surface area contributed by atoms with Crippen LogP contribution in [0.4, 0.5) is 17.1 Å². The van der Waals surface area contributed by atoms with E-state index in [1.807, 2.05) is 0 Å². The summed E-state index contributed by atoms with van der Waals surface area (Å²) in [5.74, 6) is 0. The third kappa shape index (κ3) is 12.6. The minimum atomic E-state index is -0.396. The molecule has 17 rings (SSSR count). The fourth-order valence-electron chi connectivity index (χ4n) is 21.5. The number of rotatable bonds is 33. The van der Waals surface area contributed by atoms with E-state index in [0.717, 1.165) is 51.8 Å². The van der Waals surface area contributed by atoms with Crippen molar-refractivity contribution in [2.75, 3.05) is 4.90 Å². The minimum Gasteiger partial charge on any atom is -0.456 e. The molecule has 562 valence electrons. The van der Waals surface area contributed by atoms with Gasteiger partial charge in [-0.1, -0.05) is 316 Å². The summed E-state index contributed by atoms with van der Waals surface area (Å²) in [6.45, 7) is 21.4. The van der Waals surface area contributed by atoms with E-state index in [1.54, 1.807) is 22.3 Å². The van der Waals surface area contributed by atoms with Crippen LogP contribution in [0.15, 0.2) is 209 Å². The van der Waals surface area contributed by atoms with Crippen LogP contribution in [0.2, 0.25) is 0 Å². The highest BCUT2D eigenvalue weighted by Crippen LogP contribution is 2.64. The Morgan fingerprint density at radius 1 is 0.318 bits per heavy atom. The number of benzene rings is 11. The van der Waals surface area contributed by atoms with Crippen LogP contribution >= 0.6 is 0 Å². The van der Waals surface area contributed by atoms with Gasteiger partial charge in [0.05, 0.1) is 16.7 Å². The van der Waals surface area contributed by atoms with Gasteiger partial charge in [0.15, 0.2) is 0 Å². The quantitative estimate of drug-likeness (QED) is 0.0385. The molecule has 0 aliphatic heterocycles. The molecule has 0 amide bonds. The molecular formula is C106H116N2O2. The van der Waals surface area contributed by atoms with Gasteiger partial charge in [-0.05, 0) is 215 Å². The van der Waals surface area contributed by atoms with Gasteiger partial charge in [-0.3, -0.25) is 0 Å². The summed E-state index contributed by atoms with van der Waals surface area (Å²) < 4.78 is 16.7. The summed E-state index contributed by atoms with van der Waals surface area (Å²) in [6, 6.07) is 78.0. The molecule has 3 aliphatic rings. The predicted octanol–water partition coefficient (Wildman–Crippen LogP) is 32.5. The topological polar surface area (TPSA) is 34.5 Å². The van der Waals surface area contributed by atoms with E-state index in [9.17, 15) is 0 Å². The Kier molecular flexibility index (Phi) is 20.7. The second-order valence-corrected chi connectivity index (χ2v) is 34.3. The number of unbranched alkanes of at least 4 members (excludes halogenated alkanes) is 20. The first kappa shape index (κ1) is 73.4. The molecule has 0 radical (unpaired) electrons. The highest BCUT2D eigenvalue weighted by Gasteiger charge is 2.50. The van der Waals surface area contributed by atoms with Crippen molar-refractivity contribution in [3.05, 3.63) is 250 Å². The Morgan fingerprint density at radius 3 is 1.41 bits per heavy atom. The van der Waals surface area contributed by atoms with Gasteiger partial charge >= 0.3 is 0 Å². The Morgan fingerprint density at radius 2 is 0.791 bits per heavy atom. The summed E-state index contributed by atoms with van der Waals surface area (Å²) in [5, 5.41) is 7.41. The summed E-state index contributed by atoms with van der Waals surface area (Å²) in [4.78, 5) is 2.70. The van der Waals surface area contributed by atoms with Crippen molar-refractivity contribution < 1.29 is 8.83 Å². The monoisotopic (exact) mass is 1450 g/mol. The lowest BCUT2D eigenvalue weighted by molar-refractivity contribution is 0.394. The summed E-state index contributed by atoms with van der Waals surface area (Å²) in [5.41, 5.74) is 34.0. The summed E-state index contributed by atoms with van der Waals surface area (Å²) in [7, 11) is 0. The zero-order valence-corrected chi connectivity index (χ0v) is 67.6. The fourth-order valence-corrected chi connectivity index (χ4v) is 21.5. The first-order valence-corrected chi connectivity index (χ1v) is 43.3. The number of aromatic nitrogens is 1. The van der Waals surface area contributed by atoms with Gasteiger partial charge in [0, 0.05) is 71.2 Å². The molecule has 110 heavy (non-hydrogen) atoms. The van der Waals surface area contributed by atoms with Crippen molar-refractivity contribution in [1.29, 1.82) is 0 Å². The third-order valence-corrected chi connectivity index (χ3v) is 26.8. The molecular weight excluding hydrogens is 1330 g/mol. The molecule has 4 heteroatoms. The van der Waals surface area contributed by atoms with Crippen LogP contribution in [0.3, 0.4) is 0 Å². The van der Waals surface area contributed by atoms with Gasteiger partial charge in [0.25, 0.3) is 0 Å². The smallest absolute Gasteiger partial charge is 0.143 e. The van der Waals surface area contributed by atoms with Gasteiger partial charge in [0.1, 0.15) is 22.3 Å². The molecule has 0 saturated carbocycles. The molecule has 11 aromatic carbocycles. The normalized spacial score (nSPS) is 14.2. The molecule has 0 N–H and O–H groups in total. The van der Waals surface area contributed by atoms with E-state index >= 15 is 0 Å². The van der Waals surface area contributed by atoms with Crippen molar-refractivity contribution in [3.63, 3.8) is 0 Å². The molecule has 0 saturated heterocycles. The van der Waals surface area contributed by atoms with Crippen LogP contribution in [0, 0.1) is 20.8 Å². The Bertz CT molecular complexity index is 5670. The molecule has 0 bridgehead atoms. The molecule has 0 unspecified atom stereocenters. The van der Waals surface area contributed by atoms with E-state index in [-0.39, 0.29) is 10.8 Å². The van der Waals surface area contributed by atoms with Crippen LogP contribution in [-0.4, -0.2) is 4.57 Å². The number of hydrogen-bond acceptors (Lipinski definition) is 3. The number of para-hydroxylation sites is 4. The fraction of sp³-hybridized carbons (Fsp3) is 0.377. The highest BCUT2D eigenvalue weighted by atomic mass is 16.3. The average molecular weight is 1450 g/mol. The molecule has 0 spiro atoms. The molecule has 0 fully saturated rings. The van der Waals surface area contributed by atoms with E-state index in [1.165, 1.54) is 289 Å². The zero-order valence-electron chi connectivity index (χ0n) is 67.6. The lowest BCUT2D eigenvalue weighted by Gasteiger charge is -2.35. The number of anilines is 3. The van der Waals surface area contributed by atoms with E-state index in [0.29, 0.717) is 0 Å². The van der Waals surface area contributed by atoms with Crippen LogP contribution in [0.25, 0.3) is 116 Å². The average Bonchev–Trinajstić information content (AvgIpc) is 1.52. The Hall–Kier alpha value is -9.38. The molecule has 3 heterocycles. The van der Waals surface area contributed by atoms with E-state index in [4.69, 9.17) is 8.83 Å². The van der Waals surface area contributed by atoms with Crippen LogP contribution < -0.4 is 4.90 Å². The maximum absolute atomic E-state index is 7.30. The summed E-state index contributed by atoms with van der Waals surface area (Å²) in [6.07, 6.45) is 35.4. The Labute approximate surface area is 655 Å². The first-order chi connectivity index (χ1) is 53.9. The van der Waals surface area contributed by atoms with E-state index < -0.39 is 5.41 Å². The molecule has 3 aliphatic carbocycles. The van der Waals surface area contributed by atoms with Gasteiger partial charge in [-0.2, -0.15) is 0 Å².